The van der Waals surface area contributed by atoms with Gasteiger partial charge in [-0.25, -0.2) is 13.4 Å². The van der Waals surface area contributed by atoms with Crippen LogP contribution in [0.5, 0.6) is 0 Å². The Labute approximate surface area is 256 Å². The van der Waals surface area contributed by atoms with E-state index in [9.17, 15) is 23.1 Å². The molecule has 1 aromatic heterocycles. The third-order valence-electron chi connectivity index (χ3n) is 8.31. The number of anilines is 1. The molecule has 2 aliphatic rings. The second-order valence-corrected chi connectivity index (χ2v) is 14.4. The maximum atomic E-state index is 14.6. The van der Waals surface area contributed by atoms with Crippen LogP contribution in [0.1, 0.15) is 55.7 Å². The third-order valence-corrected chi connectivity index (χ3v) is 9.94. The Hall–Kier alpha value is -3.14. The summed E-state index contributed by atoms with van der Waals surface area (Å²) in [6.07, 6.45) is 4.21. The minimum absolute atomic E-state index is 0.0121. The van der Waals surface area contributed by atoms with Crippen molar-refractivity contribution < 1.29 is 23.1 Å². The quantitative estimate of drug-likeness (QED) is 0.287. The lowest BCUT2D eigenvalue weighted by Gasteiger charge is -2.52. The van der Waals surface area contributed by atoms with Crippen molar-refractivity contribution in [1.82, 2.24) is 9.88 Å². The monoisotopic (exact) mass is 629 g/mol. The molecule has 1 aliphatic carbocycles. The number of likely N-dealkylation sites (tertiary alicyclic amines) is 1. The largest absolute Gasteiger partial charge is 0.481 e. The lowest BCUT2D eigenvalue weighted by Crippen LogP contribution is -2.59. The van der Waals surface area contributed by atoms with E-state index >= 15 is 0 Å². The number of rotatable bonds is 10. The normalized spacial score (nSPS) is 23.4. The molecule has 1 saturated heterocycles. The van der Waals surface area contributed by atoms with Crippen molar-refractivity contribution in [2.45, 2.75) is 50.6 Å². The first-order valence-corrected chi connectivity index (χ1v) is 16.4. The van der Waals surface area contributed by atoms with E-state index in [1.54, 1.807) is 48.2 Å². The molecule has 0 spiro atoms. The van der Waals surface area contributed by atoms with Gasteiger partial charge in [-0.3, -0.25) is 13.9 Å². The van der Waals surface area contributed by atoms with Crippen molar-refractivity contribution in [2.75, 3.05) is 17.1 Å². The summed E-state index contributed by atoms with van der Waals surface area (Å²) < 4.78 is 27.5. The van der Waals surface area contributed by atoms with Crippen molar-refractivity contribution in [2.24, 2.45) is 11.3 Å². The molecule has 1 aliphatic heterocycles. The summed E-state index contributed by atoms with van der Waals surface area (Å²) in [5.74, 6) is -1.42. The fourth-order valence-electron chi connectivity index (χ4n) is 6.26. The molecule has 222 valence electrons. The summed E-state index contributed by atoms with van der Waals surface area (Å²) in [5, 5.41) is 11.0. The first-order valence-electron chi connectivity index (χ1n) is 13.8. The number of carboxylic acids is 1. The minimum atomic E-state index is -3.78. The molecule has 8 nitrogen and oxygen atoms in total. The number of amides is 1. The number of aliphatic carboxylic acids is 1. The summed E-state index contributed by atoms with van der Waals surface area (Å²) in [4.78, 5) is 32.8. The second-order valence-electron chi connectivity index (χ2n) is 11.6. The topological polar surface area (TPSA) is 108 Å². The smallest absolute Gasteiger partial charge is 0.304 e. The molecule has 0 radical (unpaired) electrons. The van der Waals surface area contributed by atoms with Gasteiger partial charge >= 0.3 is 5.97 Å². The maximum Gasteiger partial charge on any atom is 0.304 e. The highest BCUT2D eigenvalue weighted by Gasteiger charge is 2.55. The Morgan fingerprint density at radius 3 is 2.36 bits per heavy atom. The van der Waals surface area contributed by atoms with Crippen LogP contribution in [-0.2, 0) is 19.6 Å². The van der Waals surface area contributed by atoms with Crippen molar-refractivity contribution >= 4 is 50.9 Å². The minimum Gasteiger partial charge on any atom is -0.481 e. The Morgan fingerprint density at radius 2 is 1.79 bits per heavy atom. The van der Waals surface area contributed by atoms with Gasteiger partial charge in [-0.2, -0.15) is 0 Å². The van der Waals surface area contributed by atoms with E-state index in [1.165, 1.54) is 10.5 Å². The van der Waals surface area contributed by atoms with Gasteiger partial charge in [-0.05, 0) is 72.7 Å². The van der Waals surface area contributed by atoms with Crippen molar-refractivity contribution in [3.8, 4) is 0 Å². The number of hydrogen-bond acceptors (Lipinski definition) is 5. The Morgan fingerprint density at radius 1 is 1.07 bits per heavy atom. The summed E-state index contributed by atoms with van der Waals surface area (Å²) in [5.41, 5.74) is 0.454. The molecule has 3 aromatic rings. The number of carbonyl (C=O) groups is 2. The van der Waals surface area contributed by atoms with E-state index < -0.39 is 33.5 Å². The molecular weight excluding hydrogens is 597 g/mol. The van der Waals surface area contributed by atoms with Crippen LogP contribution in [0.25, 0.3) is 0 Å². The van der Waals surface area contributed by atoms with E-state index in [4.69, 9.17) is 23.2 Å². The zero-order valence-corrected chi connectivity index (χ0v) is 25.7. The Kier molecular flexibility index (Phi) is 8.56. The number of carbonyl (C=O) groups excluding carboxylic acids is 1. The molecule has 5 rings (SSSR count). The number of carboxylic acid groups (broad SMARTS) is 1. The van der Waals surface area contributed by atoms with Gasteiger partial charge in [0.2, 0.25) is 15.9 Å². The summed E-state index contributed by atoms with van der Waals surface area (Å²) in [7, 11) is -3.78. The fraction of sp³-hybridized carbons (Fsp3) is 0.387. The van der Waals surface area contributed by atoms with Crippen LogP contribution in [0.15, 0.2) is 72.9 Å². The molecule has 11 heteroatoms. The zero-order valence-electron chi connectivity index (χ0n) is 23.4. The molecule has 4 atom stereocenters. The SMILES string of the molecule is C[C@]1(CC(=O)O)C[C@H](c2cccc(Cl)c2)[C@@H](c2ccc(Cl)cc2)N([C@H](CN(c2ccccn2)S(C)(=O)=O)C2CC2)C1=O. The van der Waals surface area contributed by atoms with Crippen molar-refractivity contribution in [1.29, 1.82) is 0 Å². The van der Waals surface area contributed by atoms with Gasteiger partial charge in [0, 0.05) is 22.2 Å². The van der Waals surface area contributed by atoms with E-state index in [0.717, 1.165) is 30.2 Å². The number of nitrogens with zero attached hydrogens (tertiary/aromatic N) is 3. The second kappa shape index (κ2) is 11.9. The van der Waals surface area contributed by atoms with Crippen LogP contribution in [0.2, 0.25) is 10.0 Å². The van der Waals surface area contributed by atoms with Crippen LogP contribution >= 0.6 is 23.2 Å². The van der Waals surface area contributed by atoms with Gasteiger partial charge in [0.05, 0.1) is 36.7 Å². The molecule has 0 unspecified atom stereocenters. The molecule has 0 bridgehead atoms. The maximum absolute atomic E-state index is 14.6. The summed E-state index contributed by atoms with van der Waals surface area (Å²) in [6.45, 7) is 1.69. The van der Waals surface area contributed by atoms with Crippen molar-refractivity contribution in [3.05, 3.63) is 94.1 Å². The van der Waals surface area contributed by atoms with E-state index in [1.807, 2.05) is 30.3 Å². The number of benzene rings is 2. The number of pyridine rings is 1. The number of aromatic nitrogens is 1. The van der Waals surface area contributed by atoms with Crippen molar-refractivity contribution in [3.63, 3.8) is 0 Å². The van der Waals surface area contributed by atoms with E-state index in [0.29, 0.717) is 10.0 Å². The number of hydrogen-bond donors (Lipinski definition) is 1. The predicted molar refractivity (Wildman–Crippen MR) is 163 cm³/mol. The lowest BCUT2D eigenvalue weighted by molar-refractivity contribution is -0.160. The van der Waals surface area contributed by atoms with Crippen LogP contribution < -0.4 is 4.31 Å². The van der Waals surface area contributed by atoms with E-state index in [2.05, 4.69) is 4.98 Å². The van der Waals surface area contributed by atoms with Crippen LogP contribution in [0.3, 0.4) is 0 Å². The molecule has 1 amide bonds. The highest BCUT2D eigenvalue weighted by Crippen LogP contribution is 2.54. The Balaban J connectivity index is 1.70. The molecule has 1 N–H and O–H groups in total. The number of halogens is 2. The molecule has 1 saturated carbocycles. The molecule has 42 heavy (non-hydrogen) atoms. The zero-order chi connectivity index (χ0) is 30.2. The van der Waals surface area contributed by atoms with Crippen LogP contribution in [0.4, 0.5) is 5.82 Å². The standard InChI is InChI=1S/C31H33Cl2N3O5S/c1-31(18-28(37)38)17-25(22-6-5-7-24(33)16-22)29(21-11-13-23(32)14-12-21)36(30(31)39)26(20-9-10-20)19-35(42(2,40)41)27-8-3-4-15-34-27/h3-8,11-16,20,25-26,29H,9-10,17-19H2,1-2H3,(H,37,38)/t25-,26-,29-,31-/m1/s1. The first-order chi connectivity index (χ1) is 19.9. The summed E-state index contributed by atoms with van der Waals surface area (Å²) in [6, 6.07) is 18.7. The van der Waals surface area contributed by atoms with Gasteiger partial charge in [-0.15, -0.1) is 0 Å². The van der Waals surface area contributed by atoms with Gasteiger partial charge < -0.3 is 10.0 Å². The van der Waals surface area contributed by atoms with Crippen LogP contribution in [-0.4, -0.2) is 54.1 Å². The van der Waals surface area contributed by atoms with Gasteiger partial charge in [0.15, 0.2) is 0 Å². The molecule has 2 heterocycles. The first kappa shape index (κ1) is 30.3. The van der Waals surface area contributed by atoms with Gasteiger partial charge in [0.1, 0.15) is 5.82 Å². The van der Waals surface area contributed by atoms with Crippen LogP contribution in [0, 0.1) is 11.3 Å². The summed E-state index contributed by atoms with van der Waals surface area (Å²) >= 11 is 12.7. The highest BCUT2D eigenvalue weighted by molar-refractivity contribution is 7.92. The lowest BCUT2D eigenvalue weighted by atomic mass is 9.67. The van der Waals surface area contributed by atoms with Gasteiger partial charge in [-0.1, -0.05) is 60.5 Å². The van der Waals surface area contributed by atoms with E-state index in [-0.39, 0.29) is 42.9 Å². The molecule has 2 fully saturated rings. The fourth-order valence-corrected chi connectivity index (χ4v) is 7.46. The number of piperidine rings is 1. The third kappa shape index (κ3) is 6.43. The molecular formula is C31H33Cl2N3O5S. The van der Waals surface area contributed by atoms with Gasteiger partial charge in [0.25, 0.3) is 0 Å². The predicted octanol–water partition coefficient (Wildman–Crippen LogP) is 6.17. The molecule has 2 aromatic carbocycles. The average molecular weight is 631 g/mol. The Bertz CT molecular complexity index is 1570. The number of sulfonamides is 1. The average Bonchev–Trinajstić information content (AvgIpc) is 3.76. The highest BCUT2D eigenvalue weighted by atomic mass is 35.5.